The fraction of sp³-hybridized carbons (Fsp3) is 0.111. The number of pyridine rings is 1. The number of anilines is 1. The molecular weight excluding hydrogens is 372 g/mol. The molecule has 1 N–H and O–H groups in total. The van der Waals surface area contributed by atoms with Crippen molar-refractivity contribution in [1.82, 2.24) is 15.2 Å². The van der Waals surface area contributed by atoms with Gasteiger partial charge in [-0.1, -0.05) is 23.4 Å². The maximum Gasteiger partial charge on any atom is 0.234 e. The standard InChI is InChI=1S/C18H15ClN4O2S/c1-25-16-4-2-13(19)10-15(16)21-17(24)11-26-18-5-3-14(22-23-18)12-6-8-20-9-7-12/h2-10H,11H2,1H3,(H,21,24). The highest BCUT2D eigenvalue weighted by atomic mass is 35.5. The predicted molar refractivity (Wildman–Crippen MR) is 103 cm³/mol. The molecule has 2 heterocycles. The normalized spacial score (nSPS) is 10.4. The molecule has 3 rings (SSSR count). The lowest BCUT2D eigenvalue weighted by Crippen LogP contribution is -2.14. The number of nitrogens with one attached hydrogen (secondary N) is 1. The van der Waals surface area contributed by atoms with Crippen molar-refractivity contribution in [3.8, 4) is 17.0 Å². The number of methoxy groups -OCH3 is 1. The van der Waals surface area contributed by atoms with Crippen LogP contribution in [0.25, 0.3) is 11.3 Å². The number of benzene rings is 1. The molecule has 3 aromatic rings. The molecule has 8 heteroatoms. The Labute approximate surface area is 160 Å². The highest BCUT2D eigenvalue weighted by Gasteiger charge is 2.10. The quantitative estimate of drug-likeness (QED) is 0.647. The van der Waals surface area contributed by atoms with Crippen LogP contribution in [0.3, 0.4) is 0 Å². The number of thioether (sulfide) groups is 1. The van der Waals surface area contributed by atoms with Gasteiger partial charge >= 0.3 is 0 Å². The first-order chi connectivity index (χ1) is 12.7. The van der Waals surface area contributed by atoms with E-state index in [0.29, 0.717) is 21.5 Å². The van der Waals surface area contributed by atoms with E-state index in [1.54, 1.807) is 30.6 Å². The van der Waals surface area contributed by atoms with Crippen molar-refractivity contribution >= 4 is 35.0 Å². The minimum atomic E-state index is -0.185. The van der Waals surface area contributed by atoms with Gasteiger partial charge in [0.1, 0.15) is 10.8 Å². The Morgan fingerprint density at radius 1 is 1.15 bits per heavy atom. The molecule has 0 spiro atoms. The van der Waals surface area contributed by atoms with Gasteiger partial charge in [-0.15, -0.1) is 10.2 Å². The number of hydrogen-bond acceptors (Lipinski definition) is 6. The molecule has 6 nitrogen and oxygen atoms in total. The molecule has 1 amide bonds. The van der Waals surface area contributed by atoms with E-state index in [1.807, 2.05) is 24.3 Å². The topological polar surface area (TPSA) is 77.0 Å². The average molecular weight is 387 g/mol. The van der Waals surface area contributed by atoms with Crippen LogP contribution in [0, 0.1) is 0 Å². The Kier molecular flexibility index (Phi) is 6.04. The van der Waals surface area contributed by atoms with Crippen molar-refractivity contribution in [3.05, 3.63) is 59.9 Å². The Morgan fingerprint density at radius 3 is 2.65 bits per heavy atom. The molecular formula is C18H15ClN4O2S. The van der Waals surface area contributed by atoms with Gasteiger partial charge < -0.3 is 10.1 Å². The second-order valence-corrected chi connectivity index (χ2v) is 6.61. The molecule has 0 bridgehead atoms. The van der Waals surface area contributed by atoms with Gasteiger partial charge in [-0.05, 0) is 42.5 Å². The van der Waals surface area contributed by atoms with Gasteiger partial charge in [-0.3, -0.25) is 9.78 Å². The zero-order chi connectivity index (χ0) is 18.4. The summed E-state index contributed by atoms with van der Waals surface area (Å²) in [6.07, 6.45) is 3.41. The molecule has 132 valence electrons. The molecule has 0 saturated heterocycles. The number of carbonyl (C=O) groups is 1. The summed E-state index contributed by atoms with van der Waals surface area (Å²) in [6.45, 7) is 0. The fourth-order valence-corrected chi connectivity index (χ4v) is 2.96. The maximum absolute atomic E-state index is 12.2. The second-order valence-electron chi connectivity index (χ2n) is 5.17. The SMILES string of the molecule is COc1ccc(Cl)cc1NC(=O)CSc1ccc(-c2ccncc2)nn1. The van der Waals surface area contributed by atoms with E-state index in [0.717, 1.165) is 11.3 Å². The Bertz CT molecular complexity index is 891. The summed E-state index contributed by atoms with van der Waals surface area (Å²) < 4.78 is 5.21. The van der Waals surface area contributed by atoms with Gasteiger partial charge in [0.25, 0.3) is 0 Å². The second kappa shape index (κ2) is 8.64. The molecule has 0 aliphatic carbocycles. The van der Waals surface area contributed by atoms with E-state index in [-0.39, 0.29) is 11.7 Å². The van der Waals surface area contributed by atoms with Gasteiger partial charge in [0, 0.05) is 23.0 Å². The van der Waals surface area contributed by atoms with Crippen molar-refractivity contribution in [3.63, 3.8) is 0 Å². The lowest BCUT2D eigenvalue weighted by Gasteiger charge is -2.10. The molecule has 0 radical (unpaired) electrons. The number of carbonyl (C=O) groups excluding carboxylic acids is 1. The van der Waals surface area contributed by atoms with Gasteiger partial charge in [0.2, 0.25) is 5.91 Å². The van der Waals surface area contributed by atoms with Crippen molar-refractivity contribution in [2.45, 2.75) is 5.03 Å². The third-order valence-electron chi connectivity index (χ3n) is 3.40. The summed E-state index contributed by atoms with van der Waals surface area (Å²) in [4.78, 5) is 16.1. The van der Waals surface area contributed by atoms with Gasteiger partial charge in [0.15, 0.2) is 0 Å². The number of hydrogen-bond donors (Lipinski definition) is 1. The van der Waals surface area contributed by atoms with E-state index >= 15 is 0 Å². The smallest absolute Gasteiger partial charge is 0.234 e. The van der Waals surface area contributed by atoms with Crippen LogP contribution in [0.1, 0.15) is 0 Å². The lowest BCUT2D eigenvalue weighted by atomic mass is 10.2. The van der Waals surface area contributed by atoms with Gasteiger partial charge in [0.05, 0.1) is 24.2 Å². The summed E-state index contributed by atoms with van der Waals surface area (Å²) in [5.41, 5.74) is 2.23. The minimum Gasteiger partial charge on any atom is -0.495 e. The van der Waals surface area contributed by atoms with Crippen molar-refractivity contribution < 1.29 is 9.53 Å². The van der Waals surface area contributed by atoms with E-state index in [9.17, 15) is 4.79 Å². The van der Waals surface area contributed by atoms with Crippen LogP contribution in [-0.4, -0.2) is 34.0 Å². The zero-order valence-corrected chi connectivity index (χ0v) is 15.4. The fourth-order valence-electron chi connectivity index (χ4n) is 2.18. The average Bonchev–Trinajstić information content (AvgIpc) is 2.68. The summed E-state index contributed by atoms with van der Waals surface area (Å²) in [5, 5.41) is 12.3. The summed E-state index contributed by atoms with van der Waals surface area (Å²) >= 11 is 7.26. The maximum atomic E-state index is 12.2. The molecule has 0 unspecified atom stereocenters. The van der Waals surface area contributed by atoms with Crippen molar-refractivity contribution in [2.75, 3.05) is 18.2 Å². The molecule has 1 aromatic carbocycles. The predicted octanol–water partition coefficient (Wildman–Crippen LogP) is 3.93. The molecule has 0 saturated carbocycles. The Morgan fingerprint density at radius 2 is 1.96 bits per heavy atom. The zero-order valence-electron chi connectivity index (χ0n) is 13.8. The molecule has 0 aliphatic heterocycles. The third-order valence-corrected chi connectivity index (χ3v) is 4.56. The van der Waals surface area contributed by atoms with Gasteiger partial charge in [-0.2, -0.15) is 0 Å². The number of amides is 1. The highest BCUT2D eigenvalue weighted by Crippen LogP contribution is 2.28. The van der Waals surface area contributed by atoms with Gasteiger partial charge in [-0.25, -0.2) is 0 Å². The van der Waals surface area contributed by atoms with Crippen LogP contribution in [0.5, 0.6) is 5.75 Å². The van der Waals surface area contributed by atoms with Crippen molar-refractivity contribution in [2.24, 2.45) is 0 Å². The van der Waals surface area contributed by atoms with Crippen LogP contribution in [0.2, 0.25) is 5.02 Å². The minimum absolute atomic E-state index is 0.185. The first-order valence-corrected chi connectivity index (χ1v) is 9.02. The molecule has 0 aliphatic rings. The van der Waals surface area contributed by atoms with Crippen molar-refractivity contribution in [1.29, 1.82) is 0 Å². The summed E-state index contributed by atoms with van der Waals surface area (Å²) in [7, 11) is 1.54. The summed E-state index contributed by atoms with van der Waals surface area (Å²) in [6, 6.07) is 12.5. The van der Waals surface area contributed by atoms with Crippen LogP contribution >= 0.6 is 23.4 Å². The number of aromatic nitrogens is 3. The molecule has 0 fully saturated rings. The number of ether oxygens (including phenoxy) is 1. The first kappa shape index (κ1) is 18.2. The Balaban J connectivity index is 1.59. The molecule has 0 atom stereocenters. The first-order valence-electron chi connectivity index (χ1n) is 7.66. The Hall–Kier alpha value is -2.64. The van der Waals surface area contributed by atoms with E-state index in [1.165, 1.54) is 18.9 Å². The highest BCUT2D eigenvalue weighted by molar-refractivity contribution is 7.99. The third kappa shape index (κ3) is 4.71. The largest absolute Gasteiger partial charge is 0.495 e. The molecule has 26 heavy (non-hydrogen) atoms. The van der Waals surface area contributed by atoms with Crippen LogP contribution in [0.4, 0.5) is 5.69 Å². The number of rotatable bonds is 6. The molecule has 2 aromatic heterocycles. The van der Waals surface area contributed by atoms with E-state index in [4.69, 9.17) is 16.3 Å². The summed E-state index contributed by atoms with van der Waals surface area (Å²) in [5.74, 6) is 0.559. The van der Waals surface area contributed by atoms with Crippen LogP contribution in [-0.2, 0) is 4.79 Å². The van der Waals surface area contributed by atoms with E-state index in [2.05, 4.69) is 20.5 Å². The number of nitrogens with zero attached hydrogens (tertiary/aromatic N) is 3. The lowest BCUT2D eigenvalue weighted by molar-refractivity contribution is -0.113. The van der Waals surface area contributed by atoms with Crippen LogP contribution in [0.15, 0.2) is 59.9 Å². The van der Waals surface area contributed by atoms with Crippen LogP contribution < -0.4 is 10.1 Å². The number of halogens is 1. The monoisotopic (exact) mass is 386 g/mol. The van der Waals surface area contributed by atoms with E-state index < -0.39 is 0 Å².